The van der Waals surface area contributed by atoms with Crippen LogP contribution < -0.4 is 0 Å². The second-order valence-electron chi connectivity index (χ2n) is 6.72. The third-order valence-electron chi connectivity index (χ3n) is 4.28. The van der Waals surface area contributed by atoms with Gasteiger partial charge in [-0.05, 0) is 38.1 Å². The van der Waals surface area contributed by atoms with E-state index < -0.39 is 11.4 Å². The van der Waals surface area contributed by atoms with Crippen LogP contribution in [0.25, 0.3) is 28.4 Å². The van der Waals surface area contributed by atoms with Gasteiger partial charge in [0, 0.05) is 23.5 Å². The summed E-state index contributed by atoms with van der Waals surface area (Å²) in [6, 6.07) is 9.19. The Morgan fingerprint density at radius 2 is 1.89 bits per heavy atom. The topological polar surface area (TPSA) is 63.3 Å². The van der Waals surface area contributed by atoms with Crippen LogP contribution in [0.5, 0.6) is 0 Å². The zero-order valence-corrected chi connectivity index (χ0v) is 14.7. The predicted molar refractivity (Wildman–Crippen MR) is 96.8 cm³/mol. The minimum absolute atomic E-state index is 0.0931. The van der Waals surface area contributed by atoms with Crippen LogP contribution in [0.3, 0.4) is 0 Å². The Kier molecular flexibility index (Phi) is 3.96. The third kappa shape index (κ3) is 3.06. The summed E-state index contributed by atoms with van der Waals surface area (Å²) in [5, 5.41) is 10.1. The number of pyridine rings is 1. The van der Waals surface area contributed by atoms with Crippen LogP contribution >= 0.6 is 0 Å². The Balaban J connectivity index is 1.84. The zero-order chi connectivity index (χ0) is 19.2. The second-order valence-corrected chi connectivity index (χ2v) is 6.72. The number of benzene rings is 1. The molecule has 0 aliphatic heterocycles. The minimum Gasteiger partial charge on any atom is -0.386 e. The quantitative estimate of drug-likeness (QED) is 0.596. The van der Waals surface area contributed by atoms with Crippen molar-refractivity contribution in [3.8, 4) is 22.8 Å². The maximum Gasteiger partial charge on any atom is 0.174 e. The summed E-state index contributed by atoms with van der Waals surface area (Å²) in [6.07, 6.45) is 4.70. The van der Waals surface area contributed by atoms with Crippen LogP contribution in [0.4, 0.5) is 8.78 Å². The Bertz CT molecular complexity index is 1150. The maximum atomic E-state index is 14.8. The van der Waals surface area contributed by atoms with Gasteiger partial charge in [0.05, 0.1) is 23.2 Å². The lowest BCUT2D eigenvalue weighted by Crippen LogP contribution is -2.18. The molecule has 0 atom stereocenters. The van der Waals surface area contributed by atoms with Crippen molar-refractivity contribution in [2.45, 2.75) is 19.4 Å². The number of hydrogen-bond donors (Lipinski definition) is 1. The molecular weight excluding hydrogens is 350 g/mol. The smallest absolute Gasteiger partial charge is 0.174 e. The van der Waals surface area contributed by atoms with Crippen LogP contribution in [-0.4, -0.2) is 24.5 Å². The fourth-order valence-corrected chi connectivity index (χ4v) is 2.95. The van der Waals surface area contributed by atoms with E-state index in [9.17, 15) is 13.9 Å². The normalized spacial score (nSPS) is 11.9. The highest BCUT2D eigenvalue weighted by Crippen LogP contribution is 2.28. The number of fused-ring (bicyclic) bond motifs is 1. The van der Waals surface area contributed by atoms with Crippen molar-refractivity contribution in [1.82, 2.24) is 19.4 Å². The van der Waals surface area contributed by atoms with Crippen molar-refractivity contribution in [3.05, 3.63) is 72.2 Å². The molecule has 0 unspecified atom stereocenters. The number of hydrogen-bond acceptors (Lipinski definition) is 4. The second kappa shape index (κ2) is 6.21. The summed E-state index contributed by atoms with van der Waals surface area (Å²) in [5.41, 5.74) is 0.558. The van der Waals surface area contributed by atoms with E-state index >= 15 is 0 Å². The summed E-state index contributed by atoms with van der Waals surface area (Å²) in [5.74, 6) is -0.608. The maximum absolute atomic E-state index is 14.8. The standard InChI is InChI=1S/C20H16F2N4O/c1-20(2,27)14-7-9-26-16(11-24-19(26)17(14)22)15-6-8-23-18(25-15)12-4-3-5-13(21)10-12/h3-11,27H,1-2H3. The first-order valence-corrected chi connectivity index (χ1v) is 8.32. The van der Waals surface area contributed by atoms with Gasteiger partial charge >= 0.3 is 0 Å². The number of nitrogens with zero attached hydrogens (tertiary/aromatic N) is 4. The molecule has 0 radical (unpaired) electrons. The van der Waals surface area contributed by atoms with Crippen molar-refractivity contribution in [2.75, 3.05) is 0 Å². The lowest BCUT2D eigenvalue weighted by atomic mass is 9.99. The van der Waals surface area contributed by atoms with Crippen molar-refractivity contribution in [3.63, 3.8) is 0 Å². The van der Waals surface area contributed by atoms with Gasteiger partial charge in [0.15, 0.2) is 17.3 Å². The van der Waals surface area contributed by atoms with E-state index in [1.807, 2.05) is 0 Å². The molecule has 0 amide bonds. The first-order valence-electron chi connectivity index (χ1n) is 8.32. The summed E-state index contributed by atoms with van der Waals surface area (Å²) in [6.45, 7) is 3.03. The molecule has 0 saturated heterocycles. The fourth-order valence-electron chi connectivity index (χ4n) is 2.95. The molecule has 5 nitrogen and oxygen atoms in total. The average Bonchev–Trinajstić information content (AvgIpc) is 3.06. The molecule has 136 valence electrons. The number of halogens is 2. The van der Waals surface area contributed by atoms with E-state index in [0.29, 0.717) is 22.8 Å². The van der Waals surface area contributed by atoms with Crippen LogP contribution in [0.1, 0.15) is 19.4 Å². The number of imidazole rings is 1. The third-order valence-corrected chi connectivity index (χ3v) is 4.28. The van der Waals surface area contributed by atoms with E-state index in [-0.39, 0.29) is 17.0 Å². The molecule has 0 aliphatic carbocycles. The molecule has 0 fully saturated rings. The van der Waals surface area contributed by atoms with Crippen LogP contribution in [0.15, 0.2) is 55.0 Å². The van der Waals surface area contributed by atoms with E-state index in [2.05, 4.69) is 15.0 Å². The summed E-state index contributed by atoms with van der Waals surface area (Å²) in [4.78, 5) is 12.8. The highest BCUT2D eigenvalue weighted by molar-refractivity contribution is 5.64. The summed E-state index contributed by atoms with van der Waals surface area (Å²) >= 11 is 0. The Labute approximate surface area is 154 Å². The Morgan fingerprint density at radius 3 is 2.63 bits per heavy atom. The van der Waals surface area contributed by atoms with E-state index in [1.54, 1.807) is 35.0 Å². The monoisotopic (exact) mass is 366 g/mol. The van der Waals surface area contributed by atoms with Crippen molar-refractivity contribution < 1.29 is 13.9 Å². The lowest BCUT2D eigenvalue weighted by molar-refractivity contribution is 0.0746. The van der Waals surface area contributed by atoms with Crippen molar-refractivity contribution >= 4 is 5.65 Å². The molecule has 3 aromatic heterocycles. The molecule has 0 aliphatic rings. The zero-order valence-electron chi connectivity index (χ0n) is 14.7. The van der Waals surface area contributed by atoms with Gasteiger partial charge in [-0.25, -0.2) is 23.7 Å². The van der Waals surface area contributed by atoms with E-state index in [4.69, 9.17) is 0 Å². The SMILES string of the molecule is CC(C)(O)c1ccn2c(-c3ccnc(-c4cccc(F)c4)n3)cnc2c1F. The fraction of sp³-hybridized carbons (Fsp3) is 0.150. The summed E-state index contributed by atoms with van der Waals surface area (Å²) < 4.78 is 29.8. The molecule has 3 heterocycles. The van der Waals surface area contributed by atoms with E-state index in [1.165, 1.54) is 38.2 Å². The average molecular weight is 366 g/mol. The molecular formula is C20H16F2N4O. The lowest BCUT2D eigenvalue weighted by Gasteiger charge is -2.18. The van der Waals surface area contributed by atoms with Crippen molar-refractivity contribution in [1.29, 1.82) is 0 Å². The molecule has 0 spiro atoms. The molecule has 1 aromatic carbocycles. The van der Waals surface area contributed by atoms with Crippen LogP contribution in [0, 0.1) is 11.6 Å². The van der Waals surface area contributed by atoms with Crippen LogP contribution in [-0.2, 0) is 5.60 Å². The van der Waals surface area contributed by atoms with Gasteiger partial charge < -0.3 is 5.11 Å². The molecule has 0 saturated carbocycles. The van der Waals surface area contributed by atoms with Gasteiger partial charge in [-0.15, -0.1) is 0 Å². The van der Waals surface area contributed by atoms with Gasteiger partial charge in [0.25, 0.3) is 0 Å². The van der Waals surface area contributed by atoms with Gasteiger partial charge in [0.1, 0.15) is 5.82 Å². The first-order chi connectivity index (χ1) is 12.8. The number of aromatic nitrogens is 4. The van der Waals surface area contributed by atoms with E-state index in [0.717, 1.165) is 0 Å². The number of rotatable bonds is 3. The molecule has 27 heavy (non-hydrogen) atoms. The van der Waals surface area contributed by atoms with Gasteiger partial charge in [0.2, 0.25) is 0 Å². The highest BCUT2D eigenvalue weighted by atomic mass is 19.1. The summed E-state index contributed by atoms with van der Waals surface area (Å²) in [7, 11) is 0. The number of aliphatic hydroxyl groups is 1. The Hall–Kier alpha value is -3.19. The first kappa shape index (κ1) is 17.2. The highest BCUT2D eigenvalue weighted by Gasteiger charge is 2.24. The molecule has 7 heteroatoms. The molecule has 0 bridgehead atoms. The molecule has 4 rings (SSSR count). The van der Waals surface area contributed by atoms with Gasteiger partial charge in [-0.1, -0.05) is 12.1 Å². The molecule has 1 N–H and O–H groups in total. The predicted octanol–water partition coefficient (Wildman–Crippen LogP) is 3.96. The minimum atomic E-state index is -1.32. The Morgan fingerprint density at radius 1 is 1.07 bits per heavy atom. The van der Waals surface area contributed by atoms with Gasteiger partial charge in [-0.3, -0.25) is 4.40 Å². The van der Waals surface area contributed by atoms with Gasteiger partial charge in [-0.2, -0.15) is 0 Å². The van der Waals surface area contributed by atoms with Crippen molar-refractivity contribution in [2.24, 2.45) is 0 Å². The largest absolute Gasteiger partial charge is 0.386 e. The molecule has 4 aromatic rings. The van der Waals surface area contributed by atoms with Crippen LogP contribution in [0.2, 0.25) is 0 Å².